The maximum absolute atomic E-state index is 11.3. The molecule has 1 heterocycles. The average molecular weight is 219 g/mol. The number of hydrogen-bond acceptors (Lipinski definition) is 3. The molecule has 4 heteroatoms. The summed E-state index contributed by atoms with van der Waals surface area (Å²) < 4.78 is 0. The molecule has 0 bridgehead atoms. The number of aryl methyl sites for hydroxylation is 1. The van der Waals surface area contributed by atoms with Crippen LogP contribution in [0.2, 0.25) is 0 Å². The number of nitrogens with one attached hydrogen (secondary N) is 2. The van der Waals surface area contributed by atoms with Crippen LogP contribution in [0.25, 0.3) is 0 Å². The average Bonchev–Trinajstić information content (AvgIpc) is 3.10. The Morgan fingerprint density at radius 2 is 2.25 bits per heavy atom. The van der Waals surface area contributed by atoms with Gasteiger partial charge in [0.05, 0.1) is 0 Å². The maximum Gasteiger partial charge on any atom is 0.223 e. The van der Waals surface area contributed by atoms with Gasteiger partial charge in [0.1, 0.15) is 5.82 Å². The van der Waals surface area contributed by atoms with Crippen LogP contribution >= 0.6 is 0 Å². The molecule has 0 spiro atoms. The number of carbonyl (C=O) groups excluding carboxylic acids is 1. The summed E-state index contributed by atoms with van der Waals surface area (Å²) in [5.41, 5.74) is 1.15. The molecule has 16 heavy (non-hydrogen) atoms. The van der Waals surface area contributed by atoms with Gasteiger partial charge in [-0.3, -0.25) is 4.79 Å². The Morgan fingerprint density at radius 1 is 1.44 bits per heavy atom. The van der Waals surface area contributed by atoms with E-state index in [2.05, 4.69) is 15.6 Å². The summed E-state index contributed by atoms with van der Waals surface area (Å²) in [5.74, 6) is 1.34. The van der Waals surface area contributed by atoms with Gasteiger partial charge in [-0.15, -0.1) is 0 Å². The first-order valence-electron chi connectivity index (χ1n) is 5.70. The molecule has 86 valence electrons. The molecule has 4 nitrogen and oxygen atoms in total. The lowest BCUT2D eigenvalue weighted by atomic mass is 10.3. The molecule has 1 fully saturated rings. The second-order valence-electron chi connectivity index (χ2n) is 4.21. The largest absolute Gasteiger partial charge is 0.368 e. The molecule has 1 amide bonds. The summed E-state index contributed by atoms with van der Waals surface area (Å²) in [5, 5.41) is 6.06. The minimum absolute atomic E-state index is 0.193. The zero-order chi connectivity index (χ0) is 11.4. The van der Waals surface area contributed by atoms with E-state index in [4.69, 9.17) is 0 Å². The van der Waals surface area contributed by atoms with Crippen molar-refractivity contribution in [2.75, 3.05) is 18.4 Å². The molecule has 0 unspecified atom stereocenters. The second-order valence-corrected chi connectivity index (χ2v) is 4.21. The number of amides is 1. The molecule has 1 aromatic rings. The molecular formula is C12H17N3O. The number of rotatable bonds is 5. The molecule has 2 rings (SSSR count). The van der Waals surface area contributed by atoms with Crippen molar-refractivity contribution in [3.8, 4) is 0 Å². The lowest BCUT2D eigenvalue weighted by Crippen LogP contribution is -2.29. The van der Waals surface area contributed by atoms with Gasteiger partial charge in [-0.25, -0.2) is 4.98 Å². The lowest BCUT2D eigenvalue weighted by Gasteiger charge is -2.06. The minimum Gasteiger partial charge on any atom is -0.368 e. The Bertz CT molecular complexity index is 357. The van der Waals surface area contributed by atoms with E-state index in [1.165, 1.54) is 0 Å². The van der Waals surface area contributed by atoms with Gasteiger partial charge in [0, 0.05) is 25.2 Å². The van der Waals surface area contributed by atoms with Crippen LogP contribution in [0.1, 0.15) is 18.4 Å². The molecule has 0 radical (unpaired) electrons. The molecule has 1 aliphatic rings. The monoisotopic (exact) mass is 219 g/mol. The maximum atomic E-state index is 11.3. The first-order chi connectivity index (χ1) is 7.75. The van der Waals surface area contributed by atoms with Gasteiger partial charge in [0.15, 0.2) is 0 Å². The van der Waals surface area contributed by atoms with E-state index in [1.807, 2.05) is 25.3 Å². The fourth-order valence-corrected chi connectivity index (χ4v) is 1.44. The highest BCUT2D eigenvalue weighted by molar-refractivity contribution is 5.80. The van der Waals surface area contributed by atoms with Crippen LogP contribution in [0.15, 0.2) is 18.3 Å². The second kappa shape index (κ2) is 4.96. The fourth-order valence-electron chi connectivity index (χ4n) is 1.44. The van der Waals surface area contributed by atoms with Crippen LogP contribution in [0, 0.1) is 12.8 Å². The third kappa shape index (κ3) is 3.22. The Hall–Kier alpha value is -1.58. The van der Waals surface area contributed by atoms with Crippen molar-refractivity contribution in [1.29, 1.82) is 0 Å². The molecular weight excluding hydrogens is 202 g/mol. The topological polar surface area (TPSA) is 54.0 Å². The first kappa shape index (κ1) is 10.9. The van der Waals surface area contributed by atoms with E-state index in [9.17, 15) is 4.79 Å². The van der Waals surface area contributed by atoms with E-state index in [0.717, 1.165) is 24.2 Å². The number of aromatic nitrogens is 1. The SMILES string of the molecule is Cc1ccc(NCCNC(=O)C2CC2)nc1. The summed E-state index contributed by atoms with van der Waals surface area (Å²) >= 11 is 0. The fraction of sp³-hybridized carbons (Fsp3) is 0.500. The number of pyridine rings is 1. The van der Waals surface area contributed by atoms with Crippen LogP contribution in [-0.2, 0) is 4.79 Å². The van der Waals surface area contributed by atoms with Gasteiger partial charge in [0.2, 0.25) is 5.91 Å². The zero-order valence-corrected chi connectivity index (χ0v) is 9.49. The summed E-state index contributed by atoms with van der Waals surface area (Å²) in [6.45, 7) is 3.38. The van der Waals surface area contributed by atoms with Gasteiger partial charge < -0.3 is 10.6 Å². The van der Waals surface area contributed by atoms with E-state index >= 15 is 0 Å². The molecule has 0 aromatic carbocycles. The number of anilines is 1. The Kier molecular flexibility index (Phi) is 3.39. The molecule has 2 N–H and O–H groups in total. The highest BCUT2D eigenvalue weighted by atomic mass is 16.2. The van der Waals surface area contributed by atoms with Gasteiger partial charge >= 0.3 is 0 Å². The smallest absolute Gasteiger partial charge is 0.223 e. The Balaban J connectivity index is 1.63. The van der Waals surface area contributed by atoms with Gasteiger partial charge in [-0.1, -0.05) is 6.07 Å². The predicted molar refractivity (Wildman–Crippen MR) is 63.2 cm³/mol. The van der Waals surface area contributed by atoms with E-state index in [-0.39, 0.29) is 11.8 Å². The van der Waals surface area contributed by atoms with E-state index in [1.54, 1.807) is 0 Å². The summed E-state index contributed by atoms with van der Waals surface area (Å²) in [6, 6.07) is 3.95. The van der Waals surface area contributed by atoms with Crippen LogP contribution in [-0.4, -0.2) is 24.0 Å². The van der Waals surface area contributed by atoms with E-state index < -0.39 is 0 Å². The van der Waals surface area contributed by atoms with Crippen LogP contribution in [0.3, 0.4) is 0 Å². The summed E-state index contributed by atoms with van der Waals surface area (Å²) in [7, 11) is 0. The molecule has 1 aromatic heterocycles. The molecule has 0 saturated heterocycles. The van der Waals surface area contributed by atoms with Gasteiger partial charge in [-0.2, -0.15) is 0 Å². The zero-order valence-electron chi connectivity index (χ0n) is 9.49. The van der Waals surface area contributed by atoms with Crippen molar-refractivity contribution >= 4 is 11.7 Å². The molecule has 0 atom stereocenters. The Morgan fingerprint density at radius 3 is 2.88 bits per heavy atom. The number of hydrogen-bond donors (Lipinski definition) is 2. The Labute approximate surface area is 95.5 Å². The van der Waals surface area contributed by atoms with E-state index in [0.29, 0.717) is 13.1 Å². The van der Waals surface area contributed by atoms with Gasteiger partial charge in [0.25, 0.3) is 0 Å². The predicted octanol–water partition coefficient (Wildman–Crippen LogP) is 1.33. The third-order valence-electron chi connectivity index (χ3n) is 2.59. The number of carbonyl (C=O) groups is 1. The highest BCUT2D eigenvalue weighted by Crippen LogP contribution is 2.28. The standard InChI is InChI=1S/C12H17N3O/c1-9-2-5-11(15-8-9)13-6-7-14-12(16)10-3-4-10/h2,5,8,10H,3-4,6-7H2,1H3,(H,13,15)(H,14,16). The van der Waals surface area contributed by atoms with Crippen LogP contribution in [0.4, 0.5) is 5.82 Å². The van der Waals surface area contributed by atoms with Crippen molar-refractivity contribution in [2.24, 2.45) is 5.92 Å². The van der Waals surface area contributed by atoms with Crippen molar-refractivity contribution in [1.82, 2.24) is 10.3 Å². The molecule has 1 aliphatic carbocycles. The quantitative estimate of drug-likeness (QED) is 0.734. The molecule has 0 aliphatic heterocycles. The minimum atomic E-state index is 0.193. The first-order valence-corrected chi connectivity index (χ1v) is 5.70. The van der Waals surface area contributed by atoms with Gasteiger partial charge in [-0.05, 0) is 31.4 Å². The summed E-state index contributed by atoms with van der Waals surface area (Å²) in [6.07, 6.45) is 3.93. The highest BCUT2D eigenvalue weighted by Gasteiger charge is 2.28. The van der Waals surface area contributed by atoms with Crippen LogP contribution < -0.4 is 10.6 Å². The van der Waals surface area contributed by atoms with Crippen molar-refractivity contribution in [3.05, 3.63) is 23.9 Å². The number of nitrogens with zero attached hydrogens (tertiary/aromatic N) is 1. The van der Waals surface area contributed by atoms with Crippen molar-refractivity contribution in [2.45, 2.75) is 19.8 Å². The van der Waals surface area contributed by atoms with Crippen molar-refractivity contribution < 1.29 is 4.79 Å². The summed E-state index contributed by atoms with van der Waals surface area (Å²) in [4.78, 5) is 15.5. The lowest BCUT2D eigenvalue weighted by molar-refractivity contribution is -0.122. The van der Waals surface area contributed by atoms with Crippen LogP contribution in [0.5, 0.6) is 0 Å². The molecule has 1 saturated carbocycles. The van der Waals surface area contributed by atoms with Crippen molar-refractivity contribution in [3.63, 3.8) is 0 Å². The third-order valence-corrected chi connectivity index (χ3v) is 2.59. The normalized spacial score (nSPS) is 14.6.